The number of rotatable bonds is 5. The zero-order chi connectivity index (χ0) is 18.4. The van der Waals surface area contributed by atoms with E-state index in [2.05, 4.69) is 25.5 Å². The fraction of sp³-hybridized carbons (Fsp3) is 0.421. The standard InChI is InChI=1S/C19H26N6O/c1-24(2)17-11-18(22-14-21-17)25-10-6-9-16(13-25)23-19(26)20-12-15-7-4-3-5-8-15/h3-5,7-8,11,14,16H,6,9-10,12-13H2,1-2H3,(H2,20,23,26). The van der Waals surface area contributed by atoms with Crippen molar-refractivity contribution >= 4 is 17.7 Å². The summed E-state index contributed by atoms with van der Waals surface area (Å²) in [5.41, 5.74) is 1.09. The summed E-state index contributed by atoms with van der Waals surface area (Å²) in [5.74, 6) is 1.78. The van der Waals surface area contributed by atoms with Crippen molar-refractivity contribution in [3.05, 3.63) is 48.3 Å². The molecule has 0 aliphatic carbocycles. The van der Waals surface area contributed by atoms with Gasteiger partial charge in [0.15, 0.2) is 0 Å². The molecular formula is C19H26N6O. The lowest BCUT2D eigenvalue weighted by Crippen LogP contribution is -2.50. The van der Waals surface area contributed by atoms with Gasteiger partial charge in [-0.1, -0.05) is 30.3 Å². The SMILES string of the molecule is CN(C)c1cc(N2CCCC(NC(=O)NCc3ccccc3)C2)ncn1. The van der Waals surface area contributed by atoms with Crippen molar-refractivity contribution in [3.8, 4) is 0 Å². The van der Waals surface area contributed by atoms with Crippen molar-refractivity contribution in [1.82, 2.24) is 20.6 Å². The normalized spacial score (nSPS) is 16.8. The third kappa shape index (κ3) is 4.84. The number of amides is 2. The van der Waals surface area contributed by atoms with Crippen LogP contribution < -0.4 is 20.4 Å². The number of urea groups is 1. The lowest BCUT2D eigenvalue weighted by atomic mass is 10.1. The highest BCUT2D eigenvalue weighted by Gasteiger charge is 2.22. The van der Waals surface area contributed by atoms with Crippen molar-refractivity contribution in [2.45, 2.75) is 25.4 Å². The van der Waals surface area contributed by atoms with E-state index in [1.165, 1.54) is 0 Å². The Bertz CT molecular complexity index is 721. The predicted octanol–water partition coefficient (Wildman–Crippen LogP) is 2.01. The van der Waals surface area contributed by atoms with E-state index in [1.807, 2.05) is 55.4 Å². The molecule has 0 spiro atoms. The van der Waals surface area contributed by atoms with Crippen LogP contribution in [0.4, 0.5) is 16.4 Å². The van der Waals surface area contributed by atoms with Gasteiger partial charge in [0.25, 0.3) is 0 Å². The van der Waals surface area contributed by atoms with Gasteiger partial charge in [0.05, 0.1) is 0 Å². The topological polar surface area (TPSA) is 73.4 Å². The largest absolute Gasteiger partial charge is 0.363 e. The summed E-state index contributed by atoms with van der Waals surface area (Å²) < 4.78 is 0. The molecule has 0 bridgehead atoms. The fourth-order valence-corrected chi connectivity index (χ4v) is 3.07. The van der Waals surface area contributed by atoms with Crippen LogP contribution in [0.15, 0.2) is 42.7 Å². The van der Waals surface area contributed by atoms with Gasteiger partial charge in [-0.05, 0) is 18.4 Å². The zero-order valence-corrected chi connectivity index (χ0v) is 15.4. The van der Waals surface area contributed by atoms with Gasteiger partial charge >= 0.3 is 6.03 Å². The van der Waals surface area contributed by atoms with Gasteiger partial charge in [0.1, 0.15) is 18.0 Å². The van der Waals surface area contributed by atoms with Crippen LogP contribution >= 0.6 is 0 Å². The molecule has 1 atom stereocenters. The maximum Gasteiger partial charge on any atom is 0.315 e. The fourth-order valence-electron chi connectivity index (χ4n) is 3.07. The van der Waals surface area contributed by atoms with E-state index in [0.29, 0.717) is 6.54 Å². The summed E-state index contributed by atoms with van der Waals surface area (Å²) in [7, 11) is 3.92. The number of nitrogens with zero attached hydrogens (tertiary/aromatic N) is 4. The highest BCUT2D eigenvalue weighted by Crippen LogP contribution is 2.20. The molecule has 1 unspecified atom stereocenters. The maximum absolute atomic E-state index is 12.2. The van der Waals surface area contributed by atoms with Crippen LogP contribution in [-0.4, -0.2) is 49.2 Å². The van der Waals surface area contributed by atoms with Crippen LogP contribution in [0.25, 0.3) is 0 Å². The molecule has 2 aromatic rings. The first-order valence-electron chi connectivity index (χ1n) is 8.94. The second-order valence-corrected chi connectivity index (χ2v) is 6.73. The van der Waals surface area contributed by atoms with Crippen LogP contribution in [0.5, 0.6) is 0 Å². The smallest absolute Gasteiger partial charge is 0.315 e. The van der Waals surface area contributed by atoms with Gasteiger partial charge in [0.2, 0.25) is 0 Å². The summed E-state index contributed by atoms with van der Waals surface area (Å²) in [6.45, 7) is 2.22. The molecule has 1 fully saturated rings. The minimum atomic E-state index is -0.127. The van der Waals surface area contributed by atoms with Crippen LogP contribution in [0.3, 0.4) is 0 Å². The highest BCUT2D eigenvalue weighted by atomic mass is 16.2. The summed E-state index contributed by atoms with van der Waals surface area (Å²) in [5, 5.41) is 6.00. The van der Waals surface area contributed by atoms with E-state index in [1.54, 1.807) is 6.33 Å². The van der Waals surface area contributed by atoms with E-state index in [-0.39, 0.29) is 12.1 Å². The number of aromatic nitrogens is 2. The summed E-state index contributed by atoms with van der Waals surface area (Å²) in [4.78, 5) is 25.0. The average Bonchev–Trinajstić information content (AvgIpc) is 2.67. The number of hydrogen-bond acceptors (Lipinski definition) is 5. The van der Waals surface area contributed by atoms with Gasteiger partial charge in [-0.15, -0.1) is 0 Å². The molecule has 2 amide bonds. The van der Waals surface area contributed by atoms with Gasteiger partial charge in [0, 0.05) is 45.8 Å². The van der Waals surface area contributed by atoms with Gasteiger partial charge < -0.3 is 20.4 Å². The number of hydrogen-bond donors (Lipinski definition) is 2. The first kappa shape index (κ1) is 18.0. The summed E-state index contributed by atoms with van der Waals surface area (Å²) in [6.07, 6.45) is 3.58. The average molecular weight is 354 g/mol. The van der Waals surface area contributed by atoms with Gasteiger partial charge in [-0.2, -0.15) is 0 Å². The number of carbonyl (C=O) groups excluding carboxylic acids is 1. The third-order valence-corrected chi connectivity index (χ3v) is 4.47. The van der Waals surface area contributed by atoms with Crippen molar-refractivity contribution in [1.29, 1.82) is 0 Å². The van der Waals surface area contributed by atoms with Crippen LogP contribution in [0, 0.1) is 0 Å². The zero-order valence-electron chi connectivity index (χ0n) is 15.4. The van der Waals surface area contributed by atoms with Crippen LogP contribution in [-0.2, 0) is 6.54 Å². The van der Waals surface area contributed by atoms with Crippen molar-refractivity contribution in [2.24, 2.45) is 0 Å². The van der Waals surface area contributed by atoms with Crippen molar-refractivity contribution in [2.75, 3.05) is 37.0 Å². The Morgan fingerprint density at radius 3 is 2.85 bits per heavy atom. The molecule has 7 nitrogen and oxygen atoms in total. The Kier molecular flexibility index (Phi) is 5.88. The maximum atomic E-state index is 12.2. The Hall–Kier alpha value is -2.83. The van der Waals surface area contributed by atoms with E-state index < -0.39 is 0 Å². The lowest BCUT2D eigenvalue weighted by molar-refractivity contribution is 0.234. The van der Waals surface area contributed by atoms with E-state index in [9.17, 15) is 4.79 Å². The number of piperidine rings is 1. The molecule has 7 heteroatoms. The lowest BCUT2D eigenvalue weighted by Gasteiger charge is -2.34. The minimum absolute atomic E-state index is 0.109. The molecule has 1 aromatic carbocycles. The van der Waals surface area contributed by atoms with Crippen LogP contribution in [0.1, 0.15) is 18.4 Å². The van der Waals surface area contributed by atoms with Crippen molar-refractivity contribution in [3.63, 3.8) is 0 Å². The molecule has 0 radical (unpaired) electrons. The monoisotopic (exact) mass is 354 g/mol. The predicted molar refractivity (Wildman–Crippen MR) is 103 cm³/mol. The second-order valence-electron chi connectivity index (χ2n) is 6.73. The molecule has 1 saturated heterocycles. The number of anilines is 2. The molecule has 1 aromatic heterocycles. The second kappa shape index (κ2) is 8.51. The molecule has 26 heavy (non-hydrogen) atoms. The summed E-state index contributed by atoms with van der Waals surface area (Å²) in [6, 6.07) is 11.9. The highest BCUT2D eigenvalue weighted by molar-refractivity contribution is 5.74. The minimum Gasteiger partial charge on any atom is -0.363 e. The molecule has 2 heterocycles. The Morgan fingerprint density at radius 1 is 1.27 bits per heavy atom. The van der Waals surface area contributed by atoms with Gasteiger partial charge in [-0.25, -0.2) is 14.8 Å². The molecule has 3 rings (SSSR count). The summed E-state index contributed by atoms with van der Waals surface area (Å²) >= 11 is 0. The molecule has 0 saturated carbocycles. The quantitative estimate of drug-likeness (QED) is 0.859. The Labute approximate surface area is 154 Å². The Morgan fingerprint density at radius 2 is 2.08 bits per heavy atom. The van der Waals surface area contributed by atoms with Crippen molar-refractivity contribution < 1.29 is 4.79 Å². The van der Waals surface area contributed by atoms with E-state index in [4.69, 9.17) is 0 Å². The molecule has 1 aliphatic heterocycles. The molecular weight excluding hydrogens is 328 g/mol. The number of benzene rings is 1. The van der Waals surface area contributed by atoms with Gasteiger partial charge in [-0.3, -0.25) is 0 Å². The molecule has 138 valence electrons. The number of carbonyl (C=O) groups is 1. The van der Waals surface area contributed by atoms with Crippen LogP contribution in [0.2, 0.25) is 0 Å². The third-order valence-electron chi connectivity index (χ3n) is 4.47. The first-order chi connectivity index (χ1) is 12.6. The Balaban J connectivity index is 1.53. The molecule has 1 aliphatic rings. The number of nitrogens with one attached hydrogen (secondary N) is 2. The first-order valence-corrected chi connectivity index (χ1v) is 8.94. The molecule has 2 N–H and O–H groups in total. The van der Waals surface area contributed by atoms with E-state index in [0.717, 1.165) is 43.1 Å². The van der Waals surface area contributed by atoms with E-state index >= 15 is 0 Å².